The van der Waals surface area contributed by atoms with Gasteiger partial charge in [0.2, 0.25) is 5.91 Å². The topological polar surface area (TPSA) is 90.4 Å². The molecule has 0 spiro atoms. The van der Waals surface area contributed by atoms with E-state index in [9.17, 15) is 22.8 Å². The van der Waals surface area contributed by atoms with Crippen molar-refractivity contribution in [2.45, 2.75) is 31.1 Å². The summed E-state index contributed by atoms with van der Waals surface area (Å²) in [5, 5.41) is 9.05. The first-order valence-corrected chi connectivity index (χ1v) is 10.8. The van der Waals surface area contributed by atoms with E-state index in [1.165, 1.54) is 11.3 Å². The third-order valence-electron chi connectivity index (χ3n) is 5.61. The predicted molar refractivity (Wildman–Crippen MR) is 105 cm³/mol. The fraction of sp³-hybridized carbons (Fsp3) is 0.632. The van der Waals surface area contributed by atoms with Gasteiger partial charge in [-0.15, -0.1) is 11.3 Å². The normalized spacial score (nSPS) is 24.0. The van der Waals surface area contributed by atoms with Crippen molar-refractivity contribution in [2.24, 2.45) is 0 Å². The minimum atomic E-state index is -5.08. The molecule has 0 radical (unpaired) electrons. The summed E-state index contributed by atoms with van der Waals surface area (Å²) in [5.74, 6) is -2.48. The number of thiophene rings is 1. The fourth-order valence-corrected chi connectivity index (χ4v) is 4.77. The number of aliphatic carboxylic acids is 1. The van der Waals surface area contributed by atoms with Crippen LogP contribution in [0.5, 0.6) is 0 Å². The van der Waals surface area contributed by atoms with Gasteiger partial charge in [0.05, 0.1) is 30.2 Å². The number of fused-ring (bicyclic) bond motifs is 1. The Morgan fingerprint density at radius 1 is 1.16 bits per heavy atom. The van der Waals surface area contributed by atoms with Gasteiger partial charge in [0.25, 0.3) is 5.91 Å². The summed E-state index contributed by atoms with van der Waals surface area (Å²) in [6, 6.07) is 4.02. The van der Waals surface area contributed by atoms with Gasteiger partial charge in [-0.3, -0.25) is 14.5 Å². The Hall–Kier alpha value is -2.18. The summed E-state index contributed by atoms with van der Waals surface area (Å²) in [5.41, 5.74) is 0. The van der Waals surface area contributed by atoms with E-state index in [0.29, 0.717) is 6.42 Å². The predicted octanol–water partition coefficient (Wildman–Crippen LogP) is 1.53. The van der Waals surface area contributed by atoms with Crippen molar-refractivity contribution in [3.63, 3.8) is 0 Å². The van der Waals surface area contributed by atoms with Gasteiger partial charge in [-0.2, -0.15) is 13.2 Å². The number of hydrogen-bond acceptors (Lipinski definition) is 6. The number of alkyl halides is 3. The maximum Gasteiger partial charge on any atom is 0.490 e. The van der Waals surface area contributed by atoms with Crippen LogP contribution in [0, 0.1) is 0 Å². The van der Waals surface area contributed by atoms with Gasteiger partial charge in [0.1, 0.15) is 0 Å². The maximum atomic E-state index is 12.7. The molecule has 0 aromatic carbocycles. The standard InChI is InChI=1S/C17H23N3O3S.C2HF3O2/c21-16-12-14-13(19(16)6-5-18-7-9-23-10-8-18)3-4-20(14)17(22)15-2-1-11-24-15;3-2(4,5)1(6)7/h1-2,11,13-14H,3-10,12H2;(H,6,7)/t13-,14+;/m1./s1. The molecule has 2 amide bonds. The van der Waals surface area contributed by atoms with Gasteiger partial charge in [0, 0.05) is 39.1 Å². The summed E-state index contributed by atoms with van der Waals surface area (Å²) in [6.07, 6.45) is -3.71. The lowest BCUT2D eigenvalue weighted by atomic mass is 10.1. The number of amides is 2. The van der Waals surface area contributed by atoms with E-state index < -0.39 is 12.1 Å². The molecule has 0 aliphatic carbocycles. The van der Waals surface area contributed by atoms with Crippen LogP contribution in [-0.2, 0) is 14.3 Å². The van der Waals surface area contributed by atoms with Crippen molar-refractivity contribution in [1.29, 1.82) is 0 Å². The molecule has 172 valence electrons. The number of carboxylic acids is 1. The minimum Gasteiger partial charge on any atom is -0.475 e. The first kappa shape index (κ1) is 23.5. The van der Waals surface area contributed by atoms with Crippen LogP contribution >= 0.6 is 11.3 Å². The Kier molecular flexibility index (Phi) is 7.55. The van der Waals surface area contributed by atoms with E-state index in [2.05, 4.69) is 4.90 Å². The number of ether oxygens (including phenoxy) is 1. The second-order valence-corrected chi connectivity index (χ2v) is 8.40. The monoisotopic (exact) mass is 463 g/mol. The molecule has 0 bridgehead atoms. The molecular weight excluding hydrogens is 439 g/mol. The van der Waals surface area contributed by atoms with Crippen LogP contribution in [0.25, 0.3) is 0 Å². The Balaban J connectivity index is 0.000000339. The summed E-state index contributed by atoms with van der Waals surface area (Å²) < 4.78 is 37.1. The van der Waals surface area contributed by atoms with Crippen LogP contribution in [0.3, 0.4) is 0 Å². The molecule has 2 atom stereocenters. The van der Waals surface area contributed by atoms with Gasteiger partial charge in [-0.1, -0.05) is 6.07 Å². The first-order chi connectivity index (χ1) is 14.7. The van der Waals surface area contributed by atoms with E-state index in [1.54, 1.807) is 0 Å². The Labute approximate surface area is 181 Å². The van der Waals surface area contributed by atoms with Crippen molar-refractivity contribution in [3.05, 3.63) is 22.4 Å². The van der Waals surface area contributed by atoms with Gasteiger partial charge in [-0.25, -0.2) is 4.79 Å². The molecule has 3 saturated heterocycles. The molecule has 8 nitrogen and oxygen atoms in total. The summed E-state index contributed by atoms with van der Waals surface area (Å²) in [4.78, 5) is 41.1. The maximum absolute atomic E-state index is 12.7. The van der Waals surface area contributed by atoms with Crippen molar-refractivity contribution in [2.75, 3.05) is 45.9 Å². The second kappa shape index (κ2) is 9.96. The zero-order valence-corrected chi connectivity index (χ0v) is 17.5. The Morgan fingerprint density at radius 2 is 1.84 bits per heavy atom. The number of hydrogen-bond donors (Lipinski definition) is 1. The van der Waals surface area contributed by atoms with E-state index in [4.69, 9.17) is 14.6 Å². The molecule has 31 heavy (non-hydrogen) atoms. The van der Waals surface area contributed by atoms with Crippen molar-refractivity contribution >= 4 is 29.1 Å². The zero-order valence-electron chi connectivity index (χ0n) is 16.7. The van der Waals surface area contributed by atoms with Crippen LogP contribution in [0.2, 0.25) is 0 Å². The van der Waals surface area contributed by atoms with E-state index in [1.807, 2.05) is 27.3 Å². The lowest BCUT2D eigenvalue weighted by molar-refractivity contribution is -0.192. The lowest BCUT2D eigenvalue weighted by Gasteiger charge is -2.30. The van der Waals surface area contributed by atoms with Crippen molar-refractivity contribution in [3.8, 4) is 0 Å². The fourth-order valence-electron chi connectivity index (χ4n) is 4.09. The average molecular weight is 463 g/mol. The molecule has 4 heterocycles. The molecule has 12 heteroatoms. The lowest BCUT2D eigenvalue weighted by Crippen LogP contribution is -2.45. The number of rotatable bonds is 4. The van der Waals surface area contributed by atoms with Gasteiger partial charge >= 0.3 is 12.1 Å². The molecule has 1 aromatic rings. The zero-order chi connectivity index (χ0) is 22.6. The highest BCUT2D eigenvalue weighted by atomic mass is 32.1. The van der Waals surface area contributed by atoms with E-state index >= 15 is 0 Å². The SMILES string of the molecule is O=C(O)C(F)(F)F.O=C1C[C@H]2[C@@H](CCN2C(=O)c2cccs2)N1CCN1CCOCC1. The van der Waals surface area contributed by atoms with Crippen LogP contribution in [-0.4, -0.2) is 102 Å². The Bertz CT molecular complexity index is 783. The second-order valence-electron chi connectivity index (χ2n) is 7.45. The number of nitrogens with zero attached hydrogens (tertiary/aromatic N) is 3. The molecule has 1 N–H and O–H groups in total. The molecule has 3 fully saturated rings. The molecule has 1 aromatic heterocycles. The van der Waals surface area contributed by atoms with Crippen molar-refractivity contribution in [1.82, 2.24) is 14.7 Å². The van der Waals surface area contributed by atoms with Gasteiger partial charge < -0.3 is 19.6 Å². The molecule has 0 unspecified atom stereocenters. The number of carboxylic acid groups (broad SMARTS) is 1. The van der Waals surface area contributed by atoms with Crippen LogP contribution < -0.4 is 0 Å². The van der Waals surface area contributed by atoms with Crippen LogP contribution in [0.15, 0.2) is 17.5 Å². The smallest absolute Gasteiger partial charge is 0.475 e. The van der Waals surface area contributed by atoms with Gasteiger partial charge in [0.15, 0.2) is 0 Å². The highest BCUT2D eigenvalue weighted by Crippen LogP contribution is 2.33. The molecular formula is C19H24F3N3O5S. The molecule has 3 aliphatic heterocycles. The third kappa shape index (κ3) is 5.74. The molecule has 0 saturated carbocycles. The minimum absolute atomic E-state index is 0.0526. The summed E-state index contributed by atoms with van der Waals surface area (Å²) in [7, 11) is 0. The summed E-state index contributed by atoms with van der Waals surface area (Å²) >= 11 is 1.47. The summed E-state index contributed by atoms with van der Waals surface area (Å²) in [6.45, 7) is 5.87. The largest absolute Gasteiger partial charge is 0.490 e. The highest BCUT2D eigenvalue weighted by Gasteiger charge is 2.48. The molecule has 3 aliphatic rings. The number of likely N-dealkylation sites (tertiary alicyclic amines) is 2. The highest BCUT2D eigenvalue weighted by molar-refractivity contribution is 7.12. The number of morpholine rings is 1. The van der Waals surface area contributed by atoms with Gasteiger partial charge in [-0.05, 0) is 17.9 Å². The van der Waals surface area contributed by atoms with E-state index in [0.717, 1.165) is 57.2 Å². The van der Waals surface area contributed by atoms with Crippen LogP contribution in [0.4, 0.5) is 13.2 Å². The quantitative estimate of drug-likeness (QED) is 0.729. The number of carbonyl (C=O) groups excluding carboxylic acids is 2. The van der Waals surface area contributed by atoms with Crippen molar-refractivity contribution < 1.29 is 37.4 Å². The number of carbonyl (C=O) groups is 3. The third-order valence-corrected chi connectivity index (χ3v) is 6.47. The number of halogens is 3. The van der Waals surface area contributed by atoms with Crippen LogP contribution in [0.1, 0.15) is 22.5 Å². The first-order valence-electron chi connectivity index (χ1n) is 9.92. The average Bonchev–Trinajstić information content (AvgIpc) is 3.44. The Morgan fingerprint density at radius 3 is 2.42 bits per heavy atom. The van der Waals surface area contributed by atoms with E-state index in [-0.39, 0.29) is 23.9 Å². The molecule has 4 rings (SSSR count).